The van der Waals surface area contributed by atoms with E-state index >= 15 is 0 Å². The van der Waals surface area contributed by atoms with Crippen LogP contribution in [0.4, 0.5) is 0 Å². The van der Waals surface area contributed by atoms with Gasteiger partial charge in [-0.15, -0.1) is 0 Å². The minimum atomic E-state index is -0.131. The van der Waals surface area contributed by atoms with Crippen molar-refractivity contribution in [1.82, 2.24) is 15.1 Å². The lowest BCUT2D eigenvalue weighted by molar-refractivity contribution is -0.122. The van der Waals surface area contributed by atoms with Crippen LogP contribution in [0.3, 0.4) is 0 Å². The number of nitrogens with two attached hydrogens (primary N) is 1. The molecule has 1 atom stereocenters. The Kier molecular flexibility index (Phi) is 4.28. The highest BCUT2D eigenvalue weighted by atomic mass is 16.1. The first-order chi connectivity index (χ1) is 7.80. The molecule has 3 N–H and O–H groups in total. The van der Waals surface area contributed by atoms with E-state index in [4.69, 9.17) is 5.73 Å². The molecule has 0 saturated carbocycles. The first-order valence-corrected chi connectivity index (χ1v) is 5.80. The fourth-order valence-electron chi connectivity index (χ4n) is 1.34. The fourth-order valence-corrected chi connectivity index (χ4v) is 1.34. The maximum atomic E-state index is 11.7. The number of carbonyl (C=O) groups excluding carboxylic acids is 1. The molecule has 1 aromatic rings. The minimum absolute atomic E-state index is 0.0198. The summed E-state index contributed by atoms with van der Waals surface area (Å²) < 4.78 is 1.74. The van der Waals surface area contributed by atoms with E-state index in [1.807, 2.05) is 33.9 Å². The van der Waals surface area contributed by atoms with E-state index in [0.717, 1.165) is 5.69 Å². The molecule has 96 valence electrons. The Morgan fingerprint density at radius 2 is 2.24 bits per heavy atom. The quantitative estimate of drug-likeness (QED) is 0.815. The van der Waals surface area contributed by atoms with Gasteiger partial charge < -0.3 is 11.1 Å². The third-order valence-electron chi connectivity index (χ3n) is 2.91. The molecular weight excluding hydrogens is 216 g/mol. The van der Waals surface area contributed by atoms with Crippen LogP contribution in [0.15, 0.2) is 12.3 Å². The van der Waals surface area contributed by atoms with E-state index in [1.54, 1.807) is 10.9 Å². The van der Waals surface area contributed by atoms with Gasteiger partial charge in [0.25, 0.3) is 0 Å². The highest BCUT2D eigenvalue weighted by Crippen LogP contribution is 2.19. The Balaban J connectivity index is 2.39. The number of rotatable bonds is 4. The molecule has 1 rings (SSSR count). The van der Waals surface area contributed by atoms with E-state index in [9.17, 15) is 4.79 Å². The number of nitrogens with zero attached hydrogens (tertiary/aromatic N) is 2. The lowest BCUT2D eigenvalue weighted by atomic mass is 9.85. The molecule has 1 heterocycles. The summed E-state index contributed by atoms with van der Waals surface area (Å²) in [5.41, 5.74) is 6.88. The molecule has 0 radical (unpaired) electrons. The molecule has 1 aromatic heterocycles. The van der Waals surface area contributed by atoms with E-state index < -0.39 is 0 Å². The Hall–Kier alpha value is -1.36. The summed E-state index contributed by atoms with van der Waals surface area (Å²) in [4.78, 5) is 11.7. The van der Waals surface area contributed by atoms with Crippen molar-refractivity contribution in [3.8, 4) is 0 Å². The maximum absolute atomic E-state index is 11.7. The smallest absolute Gasteiger partial charge is 0.221 e. The largest absolute Gasteiger partial charge is 0.350 e. The summed E-state index contributed by atoms with van der Waals surface area (Å²) in [5.74, 6) is -0.0198. The fraction of sp³-hybridized carbons (Fsp3) is 0.667. The molecule has 0 fully saturated rings. The van der Waals surface area contributed by atoms with Gasteiger partial charge in [-0.2, -0.15) is 5.10 Å². The molecule has 5 nitrogen and oxygen atoms in total. The van der Waals surface area contributed by atoms with Crippen molar-refractivity contribution in [2.45, 2.75) is 39.8 Å². The lowest BCUT2D eigenvalue weighted by Gasteiger charge is -2.26. The first kappa shape index (κ1) is 13.7. The summed E-state index contributed by atoms with van der Waals surface area (Å²) in [6, 6.07) is 1.75. The van der Waals surface area contributed by atoms with Crippen LogP contribution in [-0.2, 0) is 18.4 Å². The summed E-state index contributed by atoms with van der Waals surface area (Å²) in [7, 11) is 1.85. The van der Waals surface area contributed by atoms with Gasteiger partial charge in [-0.3, -0.25) is 9.48 Å². The van der Waals surface area contributed by atoms with E-state index in [-0.39, 0.29) is 17.4 Å². The third kappa shape index (κ3) is 4.19. The van der Waals surface area contributed by atoms with E-state index in [2.05, 4.69) is 10.4 Å². The van der Waals surface area contributed by atoms with Gasteiger partial charge in [0.05, 0.1) is 12.2 Å². The zero-order valence-corrected chi connectivity index (χ0v) is 11.0. The number of nitrogens with one attached hydrogen (secondary N) is 1. The van der Waals surface area contributed by atoms with Gasteiger partial charge in [0.2, 0.25) is 5.91 Å². The normalized spacial score (nSPS) is 13.5. The van der Waals surface area contributed by atoms with Gasteiger partial charge in [-0.1, -0.05) is 20.8 Å². The van der Waals surface area contributed by atoms with Crippen molar-refractivity contribution in [2.75, 3.05) is 0 Å². The van der Waals surface area contributed by atoms with Crippen LogP contribution in [0, 0.1) is 5.41 Å². The molecule has 17 heavy (non-hydrogen) atoms. The second kappa shape index (κ2) is 5.31. The average molecular weight is 238 g/mol. The Labute approximate surface area is 102 Å². The van der Waals surface area contributed by atoms with E-state index in [0.29, 0.717) is 13.0 Å². The highest BCUT2D eigenvalue weighted by Gasteiger charge is 2.22. The monoisotopic (exact) mass is 238 g/mol. The second-order valence-electron chi connectivity index (χ2n) is 5.40. The summed E-state index contributed by atoms with van der Waals surface area (Å²) >= 11 is 0. The van der Waals surface area contributed by atoms with Gasteiger partial charge in [0.15, 0.2) is 0 Å². The predicted octanol–water partition coefficient (Wildman–Crippen LogP) is 0.800. The van der Waals surface area contributed by atoms with Gasteiger partial charge in [0, 0.05) is 25.7 Å². The van der Waals surface area contributed by atoms with Crippen LogP contribution >= 0.6 is 0 Å². The number of amides is 1. The van der Waals surface area contributed by atoms with Gasteiger partial charge in [0.1, 0.15) is 0 Å². The zero-order valence-electron chi connectivity index (χ0n) is 11.0. The second-order valence-corrected chi connectivity index (χ2v) is 5.40. The van der Waals surface area contributed by atoms with Gasteiger partial charge in [-0.25, -0.2) is 0 Å². The molecule has 0 aliphatic carbocycles. The Morgan fingerprint density at radius 3 is 2.71 bits per heavy atom. The van der Waals surface area contributed by atoms with Crippen molar-refractivity contribution in [3.63, 3.8) is 0 Å². The topological polar surface area (TPSA) is 72.9 Å². The van der Waals surface area contributed by atoms with E-state index in [1.165, 1.54) is 0 Å². The molecule has 0 bridgehead atoms. The summed E-state index contributed by atoms with van der Waals surface area (Å²) in [6.07, 6.45) is 2.06. The predicted molar refractivity (Wildman–Crippen MR) is 67.1 cm³/mol. The Bertz CT molecular complexity index is 378. The molecule has 0 aliphatic heterocycles. The van der Waals surface area contributed by atoms with Crippen LogP contribution in [0.25, 0.3) is 0 Å². The SMILES string of the molecule is Cn1nccc1CNC(=O)CC(N)C(C)(C)C. The van der Waals surface area contributed by atoms with Crippen LogP contribution in [0.5, 0.6) is 0 Å². The van der Waals surface area contributed by atoms with Crippen molar-refractivity contribution in [3.05, 3.63) is 18.0 Å². The van der Waals surface area contributed by atoms with Crippen molar-refractivity contribution < 1.29 is 4.79 Å². The standard InChI is InChI=1S/C12H22N4O/c1-12(2,3)10(13)7-11(17)14-8-9-5-6-15-16(9)4/h5-6,10H,7-8,13H2,1-4H3,(H,14,17). The Morgan fingerprint density at radius 1 is 1.59 bits per heavy atom. The molecule has 0 saturated heterocycles. The van der Waals surface area contributed by atoms with Crippen molar-refractivity contribution >= 4 is 5.91 Å². The number of aromatic nitrogens is 2. The molecule has 1 amide bonds. The summed E-state index contributed by atoms with van der Waals surface area (Å²) in [5, 5.41) is 6.88. The van der Waals surface area contributed by atoms with Gasteiger partial charge in [-0.05, 0) is 11.5 Å². The van der Waals surface area contributed by atoms with Crippen molar-refractivity contribution in [1.29, 1.82) is 0 Å². The van der Waals surface area contributed by atoms with Crippen molar-refractivity contribution in [2.24, 2.45) is 18.2 Å². The average Bonchev–Trinajstić information content (AvgIpc) is 2.59. The number of aryl methyl sites for hydroxylation is 1. The lowest BCUT2D eigenvalue weighted by Crippen LogP contribution is -2.40. The minimum Gasteiger partial charge on any atom is -0.350 e. The number of hydrogen-bond donors (Lipinski definition) is 2. The molecule has 5 heteroatoms. The number of carbonyl (C=O) groups is 1. The molecule has 0 aliphatic rings. The third-order valence-corrected chi connectivity index (χ3v) is 2.91. The molecule has 0 aromatic carbocycles. The summed E-state index contributed by atoms with van der Waals surface area (Å²) in [6.45, 7) is 6.59. The highest BCUT2D eigenvalue weighted by molar-refractivity contribution is 5.76. The molecular formula is C12H22N4O. The maximum Gasteiger partial charge on any atom is 0.221 e. The zero-order chi connectivity index (χ0) is 13.1. The first-order valence-electron chi connectivity index (χ1n) is 5.80. The van der Waals surface area contributed by atoms with Crippen LogP contribution in [0.2, 0.25) is 0 Å². The molecule has 0 spiro atoms. The van der Waals surface area contributed by atoms with Crippen LogP contribution < -0.4 is 11.1 Å². The van der Waals surface area contributed by atoms with Crippen LogP contribution in [-0.4, -0.2) is 21.7 Å². The number of hydrogen-bond acceptors (Lipinski definition) is 3. The molecule has 1 unspecified atom stereocenters. The van der Waals surface area contributed by atoms with Crippen LogP contribution in [0.1, 0.15) is 32.9 Å². The van der Waals surface area contributed by atoms with Gasteiger partial charge >= 0.3 is 0 Å².